The first-order valence-corrected chi connectivity index (χ1v) is 8.87. The molecule has 2 rings (SSSR count). The van der Waals surface area contributed by atoms with Crippen LogP contribution >= 0.6 is 0 Å². The number of hydrogen-bond donors (Lipinski definition) is 2. The SMILES string of the molecule is CCN1CCCC(Nc2ccc(S(C)(=O)=O)cc2N)C1. The molecule has 1 fully saturated rings. The molecular formula is C14H23N3O2S. The van der Waals surface area contributed by atoms with Gasteiger partial charge in [0, 0.05) is 18.8 Å². The van der Waals surface area contributed by atoms with E-state index in [1.807, 2.05) is 0 Å². The van der Waals surface area contributed by atoms with Gasteiger partial charge in [0.1, 0.15) is 0 Å². The molecule has 1 heterocycles. The normalized spacial score (nSPS) is 20.8. The van der Waals surface area contributed by atoms with Crippen LogP contribution in [0.4, 0.5) is 11.4 Å². The lowest BCUT2D eigenvalue weighted by Gasteiger charge is -2.33. The highest BCUT2D eigenvalue weighted by atomic mass is 32.2. The Morgan fingerprint density at radius 3 is 2.80 bits per heavy atom. The summed E-state index contributed by atoms with van der Waals surface area (Å²) in [7, 11) is -3.20. The highest BCUT2D eigenvalue weighted by Gasteiger charge is 2.19. The predicted molar refractivity (Wildman–Crippen MR) is 82.7 cm³/mol. The average Bonchev–Trinajstić information content (AvgIpc) is 2.40. The summed E-state index contributed by atoms with van der Waals surface area (Å²) in [5.74, 6) is 0. The smallest absolute Gasteiger partial charge is 0.175 e. The van der Waals surface area contributed by atoms with Crippen molar-refractivity contribution in [1.82, 2.24) is 4.90 Å². The topological polar surface area (TPSA) is 75.4 Å². The summed E-state index contributed by atoms with van der Waals surface area (Å²) in [5.41, 5.74) is 7.27. The molecule has 112 valence electrons. The molecule has 1 atom stereocenters. The lowest BCUT2D eigenvalue weighted by Crippen LogP contribution is -2.41. The van der Waals surface area contributed by atoms with Crippen molar-refractivity contribution in [3.05, 3.63) is 18.2 Å². The van der Waals surface area contributed by atoms with Crippen LogP contribution in [0.5, 0.6) is 0 Å². The van der Waals surface area contributed by atoms with E-state index in [0.29, 0.717) is 11.7 Å². The Morgan fingerprint density at radius 1 is 1.45 bits per heavy atom. The summed E-state index contributed by atoms with van der Waals surface area (Å²) in [6.45, 7) is 5.37. The Bertz CT molecular complexity index is 572. The maximum absolute atomic E-state index is 11.5. The van der Waals surface area contributed by atoms with Crippen LogP contribution in [-0.4, -0.2) is 45.2 Å². The van der Waals surface area contributed by atoms with Gasteiger partial charge in [0.25, 0.3) is 0 Å². The van der Waals surface area contributed by atoms with E-state index in [1.165, 1.54) is 18.7 Å². The number of rotatable bonds is 4. The molecule has 1 aliphatic rings. The monoisotopic (exact) mass is 297 g/mol. The molecule has 3 N–H and O–H groups in total. The van der Waals surface area contributed by atoms with Gasteiger partial charge < -0.3 is 16.0 Å². The van der Waals surface area contributed by atoms with Gasteiger partial charge in [-0.3, -0.25) is 0 Å². The van der Waals surface area contributed by atoms with Gasteiger partial charge in [-0.1, -0.05) is 6.92 Å². The van der Waals surface area contributed by atoms with Crippen LogP contribution in [0.25, 0.3) is 0 Å². The number of benzene rings is 1. The molecule has 1 aromatic carbocycles. The molecule has 1 aliphatic heterocycles. The van der Waals surface area contributed by atoms with Gasteiger partial charge in [-0.25, -0.2) is 8.42 Å². The predicted octanol–water partition coefficient (Wildman–Crippen LogP) is 1.57. The van der Waals surface area contributed by atoms with E-state index < -0.39 is 9.84 Å². The Morgan fingerprint density at radius 2 is 2.20 bits per heavy atom. The van der Waals surface area contributed by atoms with E-state index in [9.17, 15) is 8.42 Å². The first kappa shape index (κ1) is 15.1. The molecule has 1 saturated heterocycles. The molecule has 5 nitrogen and oxygen atoms in total. The minimum absolute atomic E-state index is 0.263. The van der Waals surface area contributed by atoms with Crippen molar-refractivity contribution in [2.75, 3.05) is 36.9 Å². The van der Waals surface area contributed by atoms with Crippen LogP contribution in [0.3, 0.4) is 0 Å². The molecule has 0 amide bonds. The van der Waals surface area contributed by atoms with Crippen molar-refractivity contribution < 1.29 is 8.42 Å². The van der Waals surface area contributed by atoms with E-state index in [-0.39, 0.29) is 4.90 Å². The zero-order chi connectivity index (χ0) is 14.8. The summed E-state index contributed by atoms with van der Waals surface area (Å²) >= 11 is 0. The number of nitrogens with zero attached hydrogens (tertiary/aromatic N) is 1. The molecule has 1 unspecified atom stereocenters. The number of likely N-dealkylation sites (N-methyl/N-ethyl adjacent to an activating group) is 1. The second-order valence-corrected chi connectivity index (χ2v) is 7.41. The fourth-order valence-corrected chi connectivity index (χ4v) is 3.24. The van der Waals surface area contributed by atoms with Crippen LogP contribution in [-0.2, 0) is 9.84 Å². The van der Waals surface area contributed by atoms with Gasteiger partial charge in [-0.05, 0) is 44.1 Å². The van der Waals surface area contributed by atoms with Crippen LogP contribution in [0.2, 0.25) is 0 Å². The van der Waals surface area contributed by atoms with Crippen LogP contribution in [0.1, 0.15) is 19.8 Å². The van der Waals surface area contributed by atoms with Crippen molar-refractivity contribution in [3.8, 4) is 0 Å². The molecular weight excluding hydrogens is 274 g/mol. The summed E-state index contributed by atoms with van der Waals surface area (Å²) < 4.78 is 23.0. The number of nitrogens with one attached hydrogen (secondary N) is 1. The maximum Gasteiger partial charge on any atom is 0.175 e. The van der Waals surface area contributed by atoms with E-state index in [2.05, 4.69) is 17.1 Å². The van der Waals surface area contributed by atoms with Crippen LogP contribution in [0, 0.1) is 0 Å². The van der Waals surface area contributed by atoms with E-state index in [1.54, 1.807) is 12.1 Å². The van der Waals surface area contributed by atoms with Crippen molar-refractivity contribution in [2.24, 2.45) is 0 Å². The van der Waals surface area contributed by atoms with Gasteiger partial charge >= 0.3 is 0 Å². The van der Waals surface area contributed by atoms with Crippen molar-refractivity contribution >= 4 is 21.2 Å². The molecule has 0 saturated carbocycles. The molecule has 20 heavy (non-hydrogen) atoms. The number of nitrogen functional groups attached to an aromatic ring is 1. The zero-order valence-electron chi connectivity index (χ0n) is 12.1. The Labute approximate surface area is 121 Å². The molecule has 0 bridgehead atoms. The second-order valence-electron chi connectivity index (χ2n) is 5.40. The molecule has 6 heteroatoms. The van der Waals surface area contributed by atoms with Crippen molar-refractivity contribution in [3.63, 3.8) is 0 Å². The average molecular weight is 297 g/mol. The number of sulfone groups is 1. The van der Waals surface area contributed by atoms with Crippen LogP contribution < -0.4 is 11.1 Å². The lowest BCUT2D eigenvalue weighted by molar-refractivity contribution is 0.227. The molecule has 0 aromatic heterocycles. The van der Waals surface area contributed by atoms with Crippen molar-refractivity contribution in [1.29, 1.82) is 0 Å². The zero-order valence-corrected chi connectivity index (χ0v) is 12.9. The highest BCUT2D eigenvalue weighted by molar-refractivity contribution is 7.90. The molecule has 0 aliphatic carbocycles. The maximum atomic E-state index is 11.5. The number of likely N-dealkylation sites (tertiary alicyclic amines) is 1. The Hall–Kier alpha value is -1.27. The summed E-state index contributed by atoms with van der Waals surface area (Å²) in [6.07, 6.45) is 3.48. The standard InChI is InChI=1S/C14H23N3O2S/c1-3-17-8-4-5-11(10-17)16-14-7-6-12(9-13(14)15)20(2,18)19/h6-7,9,11,16H,3-5,8,10,15H2,1-2H3. The minimum Gasteiger partial charge on any atom is -0.397 e. The van der Waals surface area contributed by atoms with Gasteiger partial charge in [0.2, 0.25) is 0 Å². The number of hydrogen-bond acceptors (Lipinski definition) is 5. The fourth-order valence-electron chi connectivity index (χ4n) is 2.58. The summed E-state index contributed by atoms with van der Waals surface area (Å²) in [5, 5.41) is 3.43. The van der Waals surface area contributed by atoms with E-state index in [4.69, 9.17) is 5.73 Å². The van der Waals surface area contributed by atoms with E-state index in [0.717, 1.165) is 31.7 Å². The first-order chi connectivity index (χ1) is 9.40. The third-order valence-electron chi connectivity index (χ3n) is 3.76. The van der Waals surface area contributed by atoms with E-state index >= 15 is 0 Å². The van der Waals surface area contributed by atoms with Gasteiger partial charge in [-0.2, -0.15) is 0 Å². The summed E-state index contributed by atoms with van der Waals surface area (Å²) in [6, 6.07) is 5.26. The Kier molecular flexibility index (Phi) is 4.55. The molecule has 1 aromatic rings. The van der Waals surface area contributed by atoms with Crippen molar-refractivity contribution in [2.45, 2.75) is 30.7 Å². The fraction of sp³-hybridized carbons (Fsp3) is 0.571. The number of nitrogens with two attached hydrogens (primary N) is 1. The highest BCUT2D eigenvalue weighted by Crippen LogP contribution is 2.25. The molecule has 0 radical (unpaired) electrons. The van der Waals surface area contributed by atoms with Gasteiger partial charge in [0.05, 0.1) is 16.3 Å². The first-order valence-electron chi connectivity index (χ1n) is 6.98. The summed E-state index contributed by atoms with van der Waals surface area (Å²) in [4.78, 5) is 2.67. The number of piperidine rings is 1. The number of anilines is 2. The third-order valence-corrected chi connectivity index (χ3v) is 4.87. The van der Waals surface area contributed by atoms with Crippen LogP contribution in [0.15, 0.2) is 23.1 Å². The van der Waals surface area contributed by atoms with Gasteiger partial charge in [-0.15, -0.1) is 0 Å². The lowest BCUT2D eigenvalue weighted by atomic mass is 10.1. The second kappa shape index (κ2) is 6.01. The quantitative estimate of drug-likeness (QED) is 0.825. The minimum atomic E-state index is -3.20. The Balaban J connectivity index is 2.10. The largest absolute Gasteiger partial charge is 0.397 e. The molecule has 0 spiro atoms. The third kappa shape index (κ3) is 3.64. The van der Waals surface area contributed by atoms with Gasteiger partial charge in [0.15, 0.2) is 9.84 Å².